The fourth-order valence-electron chi connectivity index (χ4n) is 1.27. The maximum atomic E-state index is 10.7. The molecule has 0 atom stereocenters. The maximum absolute atomic E-state index is 10.7. The second-order valence-electron chi connectivity index (χ2n) is 3.81. The number of rotatable bonds is 5. The Hall–Kier alpha value is 0.300. The molecule has 8 heteroatoms. The summed E-state index contributed by atoms with van der Waals surface area (Å²) in [7, 11) is -8.47. The van der Waals surface area contributed by atoms with Crippen LogP contribution in [0.25, 0.3) is 0 Å². The van der Waals surface area contributed by atoms with Crippen LogP contribution in [0.2, 0.25) is 0 Å². The molecule has 0 heterocycles. The molecule has 6 nitrogen and oxygen atoms in total. The summed E-state index contributed by atoms with van der Waals surface area (Å²) in [5.74, 6) is 0. The minimum Gasteiger partial charge on any atom is -0.324 e. The van der Waals surface area contributed by atoms with Gasteiger partial charge in [0.05, 0.1) is 12.3 Å². The topological polar surface area (TPSA) is 115 Å². The standard InChI is InChI=1S/C6H16O6P2/c1-3-6(2,4-13(7,8)9)5-14(10,11)12/h3-5H2,1-2H3,(H2,7,8,9)(H2,10,11,12). The highest BCUT2D eigenvalue weighted by Gasteiger charge is 2.36. The summed E-state index contributed by atoms with van der Waals surface area (Å²) in [5, 5.41) is 0. The molecule has 0 bridgehead atoms. The van der Waals surface area contributed by atoms with Crippen molar-refractivity contribution in [3.05, 3.63) is 0 Å². The number of hydrogen-bond acceptors (Lipinski definition) is 2. The van der Waals surface area contributed by atoms with Crippen molar-refractivity contribution < 1.29 is 28.7 Å². The minimum absolute atomic E-state index is 0.309. The Labute approximate surface area is 82.7 Å². The largest absolute Gasteiger partial charge is 0.326 e. The molecule has 0 fully saturated rings. The van der Waals surface area contributed by atoms with Crippen LogP contribution >= 0.6 is 15.2 Å². The van der Waals surface area contributed by atoms with Gasteiger partial charge in [-0.2, -0.15) is 0 Å². The van der Waals surface area contributed by atoms with Crippen LogP contribution in [0.1, 0.15) is 20.3 Å². The van der Waals surface area contributed by atoms with Gasteiger partial charge >= 0.3 is 15.2 Å². The van der Waals surface area contributed by atoms with E-state index in [1.54, 1.807) is 6.92 Å². The monoisotopic (exact) mass is 246 g/mol. The van der Waals surface area contributed by atoms with Crippen LogP contribution in [-0.4, -0.2) is 31.9 Å². The highest BCUT2D eigenvalue weighted by molar-refractivity contribution is 7.53. The molecule has 0 aromatic rings. The van der Waals surface area contributed by atoms with Gasteiger partial charge in [0, 0.05) is 0 Å². The molecule has 0 aliphatic carbocycles. The average Bonchev–Trinajstić information content (AvgIpc) is 1.78. The Balaban J connectivity index is 4.66. The van der Waals surface area contributed by atoms with Gasteiger partial charge in [0.25, 0.3) is 0 Å². The number of hydrogen-bond donors (Lipinski definition) is 4. The van der Waals surface area contributed by atoms with Crippen LogP contribution in [0, 0.1) is 5.41 Å². The Morgan fingerprint density at radius 1 is 1.00 bits per heavy atom. The van der Waals surface area contributed by atoms with Gasteiger partial charge in [0.2, 0.25) is 0 Å². The van der Waals surface area contributed by atoms with E-state index in [-0.39, 0.29) is 0 Å². The Morgan fingerprint density at radius 3 is 1.43 bits per heavy atom. The molecule has 4 N–H and O–H groups in total. The first-order chi connectivity index (χ1) is 5.97. The van der Waals surface area contributed by atoms with E-state index >= 15 is 0 Å². The van der Waals surface area contributed by atoms with Gasteiger partial charge in [0.1, 0.15) is 0 Å². The first kappa shape index (κ1) is 14.3. The quantitative estimate of drug-likeness (QED) is 0.532. The molecule has 86 valence electrons. The smallest absolute Gasteiger partial charge is 0.324 e. The van der Waals surface area contributed by atoms with Crippen molar-refractivity contribution in [2.45, 2.75) is 20.3 Å². The lowest BCUT2D eigenvalue weighted by atomic mass is 9.93. The van der Waals surface area contributed by atoms with Gasteiger partial charge < -0.3 is 19.6 Å². The van der Waals surface area contributed by atoms with Gasteiger partial charge in [0.15, 0.2) is 0 Å². The Morgan fingerprint density at radius 2 is 1.29 bits per heavy atom. The molecule has 0 aliphatic rings. The third-order valence-corrected chi connectivity index (χ3v) is 4.38. The summed E-state index contributed by atoms with van der Waals surface area (Å²) in [6.07, 6.45) is -0.688. The van der Waals surface area contributed by atoms with Gasteiger partial charge in [-0.05, 0) is 11.8 Å². The van der Waals surface area contributed by atoms with Crippen molar-refractivity contribution >= 4 is 15.2 Å². The lowest BCUT2D eigenvalue weighted by molar-refractivity contribution is 0.302. The molecule has 0 unspecified atom stereocenters. The van der Waals surface area contributed by atoms with E-state index in [0.717, 1.165) is 0 Å². The summed E-state index contributed by atoms with van der Waals surface area (Å²) in [6.45, 7) is 3.11. The molecule has 0 aromatic heterocycles. The van der Waals surface area contributed by atoms with Gasteiger partial charge in [-0.1, -0.05) is 13.8 Å². The lowest BCUT2D eigenvalue weighted by Gasteiger charge is -2.28. The predicted octanol–water partition coefficient (Wildman–Crippen LogP) is 0.758. The van der Waals surface area contributed by atoms with Crippen molar-refractivity contribution in [2.75, 3.05) is 12.3 Å². The van der Waals surface area contributed by atoms with Crippen LogP contribution in [0.15, 0.2) is 0 Å². The van der Waals surface area contributed by atoms with E-state index in [1.807, 2.05) is 0 Å². The zero-order valence-corrected chi connectivity index (χ0v) is 9.91. The predicted molar refractivity (Wildman–Crippen MR) is 52.2 cm³/mol. The molecule has 0 aromatic carbocycles. The fraction of sp³-hybridized carbons (Fsp3) is 1.00. The fourth-order valence-corrected chi connectivity index (χ4v) is 4.10. The van der Waals surface area contributed by atoms with E-state index < -0.39 is 32.9 Å². The summed E-state index contributed by atoms with van der Waals surface area (Å²) in [6, 6.07) is 0. The average molecular weight is 246 g/mol. The van der Waals surface area contributed by atoms with Crippen LogP contribution in [-0.2, 0) is 9.13 Å². The molecular weight excluding hydrogens is 230 g/mol. The second kappa shape index (κ2) is 4.44. The third-order valence-electron chi connectivity index (χ3n) is 2.03. The molecular formula is C6H16O6P2. The van der Waals surface area contributed by atoms with Crippen LogP contribution < -0.4 is 0 Å². The van der Waals surface area contributed by atoms with Crippen molar-refractivity contribution in [1.82, 2.24) is 0 Å². The summed E-state index contributed by atoms with van der Waals surface area (Å²) in [4.78, 5) is 35.0. The van der Waals surface area contributed by atoms with E-state index in [2.05, 4.69) is 0 Å². The van der Waals surface area contributed by atoms with E-state index in [9.17, 15) is 9.13 Å². The Bertz CT molecular complexity index is 252. The van der Waals surface area contributed by atoms with Crippen LogP contribution in [0.3, 0.4) is 0 Å². The van der Waals surface area contributed by atoms with Gasteiger partial charge in [-0.3, -0.25) is 9.13 Å². The lowest BCUT2D eigenvalue weighted by Crippen LogP contribution is -2.25. The molecule has 0 amide bonds. The molecule has 0 radical (unpaired) electrons. The van der Waals surface area contributed by atoms with Crippen LogP contribution in [0.5, 0.6) is 0 Å². The summed E-state index contributed by atoms with van der Waals surface area (Å²) < 4.78 is 21.5. The second-order valence-corrected chi connectivity index (χ2v) is 7.10. The highest BCUT2D eigenvalue weighted by Crippen LogP contribution is 2.50. The molecule has 14 heavy (non-hydrogen) atoms. The first-order valence-electron chi connectivity index (χ1n) is 4.07. The van der Waals surface area contributed by atoms with E-state index in [4.69, 9.17) is 19.6 Å². The molecule has 0 rings (SSSR count). The van der Waals surface area contributed by atoms with Crippen molar-refractivity contribution in [2.24, 2.45) is 5.41 Å². The Kier molecular flexibility index (Phi) is 4.53. The van der Waals surface area contributed by atoms with Crippen molar-refractivity contribution in [1.29, 1.82) is 0 Å². The summed E-state index contributed by atoms with van der Waals surface area (Å²) >= 11 is 0. The molecule has 0 saturated heterocycles. The minimum atomic E-state index is -4.23. The van der Waals surface area contributed by atoms with Crippen molar-refractivity contribution in [3.63, 3.8) is 0 Å². The first-order valence-corrected chi connectivity index (χ1v) is 7.66. The zero-order chi connectivity index (χ0) is 11.6. The van der Waals surface area contributed by atoms with E-state index in [0.29, 0.717) is 6.42 Å². The molecule has 0 saturated carbocycles. The van der Waals surface area contributed by atoms with Crippen molar-refractivity contribution in [3.8, 4) is 0 Å². The molecule has 0 aliphatic heterocycles. The van der Waals surface area contributed by atoms with E-state index in [1.165, 1.54) is 6.92 Å². The summed E-state index contributed by atoms with van der Waals surface area (Å²) in [5.41, 5.74) is -1.02. The maximum Gasteiger partial charge on any atom is 0.326 e. The SMILES string of the molecule is CCC(C)(CP(=O)(O)O)CP(=O)(O)O. The molecule has 0 spiro atoms. The van der Waals surface area contributed by atoms with Gasteiger partial charge in [-0.15, -0.1) is 0 Å². The van der Waals surface area contributed by atoms with Crippen LogP contribution in [0.4, 0.5) is 0 Å². The third kappa shape index (κ3) is 6.71. The van der Waals surface area contributed by atoms with Gasteiger partial charge in [-0.25, -0.2) is 0 Å². The highest BCUT2D eigenvalue weighted by atomic mass is 31.2. The zero-order valence-electron chi connectivity index (χ0n) is 8.12. The normalized spacial score (nSPS) is 14.4.